The minimum atomic E-state index is -0.114. The number of aromatic nitrogens is 2. The predicted octanol–water partition coefficient (Wildman–Crippen LogP) is 4.22. The Labute approximate surface area is 171 Å². The number of benzene rings is 2. The van der Waals surface area contributed by atoms with Gasteiger partial charge in [-0.3, -0.25) is 4.79 Å². The van der Waals surface area contributed by atoms with E-state index >= 15 is 0 Å². The highest BCUT2D eigenvalue weighted by Crippen LogP contribution is 2.27. The quantitative estimate of drug-likeness (QED) is 0.658. The van der Waals surface area contributed by atoms with Crippen molar-refractivity contribution in [1.29, 1.82) is 0 Å². The first kappa shape index (κ1) is 19.4. The number of nitrogens with zero attached hydrogens (tertiary/aromatic N) is 2. The molecule has 0 fully saturated rings. The first-order chi connectivity index (χ1) is 14.1. The zero-order chi connectivity index (χ0) is 20.2. The summed E-state index contributed by atoms with van der Waals surface area (Å²) in [5, 5.41) is 7.74. The van der Waals surface area contributed by atoms with Crippen molar-refractivity contribution in [2.45, 2.75) is 52.4 Å². The van der Waals surface area contributed by atoms with Gasteiger partial charge in [0.1, 0.15) is 0 Å². The number of amides is 1. The summed E-state index contributed by atoms with van der Waals surface area (Å²) in [4.78, 5) is 13.0. The third-order valence-electron chi connectivity index (χ3n) is 5.28. The molecular formula is C24H27N3O2. The van der Waals surface area contributed by atoms with Crippen LogP contribution in [0, 0.1) is 0 Å². The number of carbonyl (C=O) groups is 1. The van der Waals surface area contributed by atoms with E-state index in [9.17, 15) is 4.79 Å². The molecule has 1 N–H and O–H groups in total. The van der Waals surface area contributed by atoms with Gasteiger partial charge >= 0.3 is 0 Å². The zero-order valence-electron chi connectivity index (χ0n) is 17.0. The molecule has 1 heterocycles. The Hall–Kier alpha value is -2.92. The second-order valence-corrected chi connectivity index (χ2v) is 7.69. The molecule has 2 aromatic carbocycles. The molecule has 0 saturated heterocycles. The number of ether oxygens (including phenoxy) is 1. The lowest BCUT2D eigenvalue weighted by atomic mass is 10.1. The molecular weight excluding hydrogens is 362 g/mol. The lowest BCUT2D eigenvalue weighted by molar-refractivity contribution is 0.0651. The number of para-hydroxylation sites is 1. The second-order valence-electron chi connectivity index (χ2n) is 7.69. The highest BCUT2D eigenvalue weighted by molar-refractivity contribution is 5.94. The van der Waals surface area contributed by atoms with Crippen LogP contribution in [0.3, 0.4) is 0 Å². The SMILES string of the molecule is CC(C)OCc1ccccc1CNC(=O)c1nn(-c2ccccc2)c2c1CCC2. The van der Waals surface area contributed by atoms with Crippen LogP contribution in [-0.4, -0.2) is 21.8 Å². The van der Waals surface area contributed by atoms with Crippen molar-refractivity contribution < 1.29 is 9.53 Å². The smallest absolute Gasteiger partial charge is 0.272 e. The summed E-state index contributed by atoms with van der Waals surface area (Å²) >= 11 is 0. The minimum Gasteiger partial charge on any atom is -0.374 e. The molecule has 1 amide bonds. The van der Waals surface area contributed by atoms with Gasteiger partial charge in [0.25, 0.3) is 5.91 Å². The molecule has 1 aliphatic carbocycles. The Bertz CT molecular complexity index is 993. The average molecular weight is 389 g/mol. The maximum absolute atomic E-state index is 13.0. The number of fused-ring (bicyclic) bond motifs is 1. The molecule has 0 radical (unpaired) electrons. The van der Waals surface area contributed by atoms with Crippen LogP contribution in [0.4, 0.5) is 0 Å². The number of rotatable bonds is 7. The Morgan fingerprint density at radius 2 is 1.79 bits per heavy atom. The molecule has 150 valence electrons. The van der Waals surface area contributed by atoms with E-state index in [2.05, 4.69) is 10.4 Å². The molecule has 0 spiro atoms. The van der Waals surface area contributed by atoms with Gasteiger partial charge in [0.05, 0.1) is 18.4 Å². The molecule has 5 nitrogen and oxygen atoms in total. The molecule has 3 aromatic rings. The van der Waals surface area contributed by atoms with Gasteiger partial charge in [-0.25, -0.2) is 4.68 Å². The second kappa shape index (κ2) is 8.62. The van der Waals surface area contributed by atoms with Gasteiger partial charge < -0.3 is 10.1 Å². The summed E-state index contributed by atoms with van der Waals surface area (Å²) in [5.74, 6) is -0.114. The van der Waals surface area contributed by atoms with Crippen LogP contribution in [0.5, 0.6) is 0 Å². The molecule has 5 heteroatoms. The van der Waals surface area contributed by atoms with Crippen molar-refractivity contribution >= 4 is 5.91 Å². The molecule has 0 bridgehead atoms. The summed E-state index contributed by atoms with van der Waals surface area (Å²) < 4.78 is 7.68. The number of nitrogens with one attached hydrogen (secondary N) is 1. The molecule has 29 heavy (non-hydrogen) atoms. The van der Waals surface area contributed by atoms with E-state index in [1.165, 1.54) is 0 Å². The molecule has 4 rings (SSSR count). The van der Waals surface area contributed by atoms with Crippen molar-refractivity contribution in [1.82, 2.24) is 15.1 Å². The average Bonchev–Trinajstić information content (AvgIpc) is 3.34. The van der Waals surface area contributed by atoms with E-state index in [1.807, 2.05) is 73.1 Å². The third kappa shape index (κ3) is 4.25. The van der Waals surface area contributed by atoms with Gasteiger partial charge in [0.2, 0.25) is 0 Å². The van der Waals surface area contributed by atoms with Gasteiger partial charge in [-0.15, -0.1) is 0 Å². The molecule has 0 aliphatic heterocycles. The van der Waals surface area contributed by atoms with Crippen molar-refractivity contribution in [3.63, 3.8) is 0 Å². The zero-order valence-corrected chi connectivity index (χ0v) is 17.0. The fraction of sp³-hybridized carbons (Fsp3) is 0.333. The molecule has 0 atom stereocenters. The van der Waals surface area contributed by atoms with Crippen LogP contribution in [0.1, 0.15) is 53.1 Å². The van der Waals surface area contributed by atoms with Gasteiger partial charge in [-0.05, 0) is 56.4 Å². The Morgan fingerprint density at radius 1 is 1.07 bits per heavy atom. The fourth-order valence-corrected chi connectivity index (χ4v) is 3.79. The van der Waals surface area contributed by atoms with Crippen LogP contribution in [0.15, 0.2) is 54.6 Å². The topological polar surface area (TPSA) is 56.1 Å². The van der Waals surface area contributed by atoms with Gasteiger partial charge in [-0.1, -0.05) is 42.5 Å². The summed E-state index contributed by atoms with van der Waals surface area (Å²) in [5.41, 5.74) is 5.97. The summed E-state index contributed by atoms with van der Waals surface area (Å²) in [6, 6.07) is 18.1. The largest absolute Gasteiger partial charge is 0.374 e. The fourth-order valence-electron chi connectivity index (χ4n) is 3.79. The Kier molecular flexibility index (Phi) is 5.76. The van der Waals surface area contributed by atoms with E-state index in [1.54, 1.807) is 0 Å². The standard InChI is InChI=1S/C24H27N3O2/c1-17(2)29-16-19-10-7-6-9-18(19)15-25-24(28)23-21-13-8-14-22(21)27(26-23)20-11-4-3-5-12-20/h3-7,9-12,17H,8,13-16H2,1-2H3,(H,25,28). The van der Waals surface area contributed by atoms with Crippen LogP contribution in [0.2, 0.25) is 0 Å². The van der Waals surface area contributed by atoms with E-state index in [-0.39, 0.29) is 12.0 Å². The molecule has 1 aliphatic rings. The summed E-state index contributed by atoms with van der Waals surface area (Å²) in [6.07, 6.45) is 3.10. The Morgan fingerprint density at radius 3 is 2.55 bits per heavy atom. The molecule has 0 saturated carbocycles. The number of carbonyl (C=O) groups excluding carboxylic acids is 1. The van der Waals surface area contributed by atoms with E-state index in [4.69, 9.17) is 4.74 Å². The van der Waals surface area contributed by atoms with Crippen LogP contribution in [0.25, 0.3) is 5.69 Å². The normalized spacial score (nSPS) is 12.9. The molecule has 0 unspecified atom stereocenters. The maximum atomic E-state index is 13.0. The predicted molar refractivity (Wildman–Crippen MR) is 113 cm³/mol. The summed E-state index contributed by atoms with van der Waals surface area (Å²) in [6.45, 7) is 5.05. The van der Waals surface area contributed by atoms with E-state index in [0.29, 0.717) is 18.8 Å². The van der Waals surface area contributed by atoms with Crippen LogP contribution >= 0.6 is 0 Å². The maximum Gasteiger partial charge on any atom is 0.272 e. The lowest BCUT2D eigenvalue weighted by Gasteiger charge is -2.12. The first-order valence-electron chi connectivity index (χ1n) is 10.3. The Balaban J connectivity index is 1.52. The van der Waals surface area contributed by atoms with E-state index in [0.717, 1.165) is 47.3 Å². The van der Waals surface area contributed by atoms with Crippen molar-refractivity contribution in [2.75, 3.05) is 0 Å². The summed E-state index contributed by atoms with van der Waals surface area (Å²) in [7, 11) is 0. The van der Waals surface area contributed by atoms with E-state index < -0.39 is 0 Å². The lowest BCUT2D eigenvalue weighted by Crippen LogP contribution is -2.25. The highest BCUT2D eigenvalue weighted by Gasteiger charge is 2.26. The third-order valence-corrected chi connectivity index (χ3v) is 5.28. The van der Waals surface area contributed by atoms with Crippen LogP contribution in [-0.2, 0) is 30.7 Å². The highest BCUT2D eigenvalue weighted by atomic mass is 16.5. The van der Waals surface area contributed by atoms with Gasteiger partial charge in [0, 0.05) is 17.8 Å². The monoisotopic (exact) mass is 389 g/mol. The number of hydrogen-bond acceptors (Lipinski definition) is 3. The van der Waals surface area contributed by atoms with Crippen molar-refractivity contribution in [2.24, 2.45) is 0 Å². The van der Waals surface area contributed by atoms with Crippen LogP contribution < -0.4 is 5.32 Å². The van der Waals surface area contributed by atoms with Gasteiger partial charge in [-0.2, -0.15) is 5.10 Å². The van der Waals surface area contributed by atoms with Gasteiger partial charge in [0.15, 0.2) is 5.69 Å². The minimum absolute atomic E-state index is 0.114. The van der Waals surface area contributed by atoms with Crippen molar-refractivity contribution in [3.8, 4) is 5.69 Å². The first-order valence-corrected chi connectivity index (χ1v) is 10.3. The number of hydrogen-bond donors (Lipinski definition) is 1. The van der Waals surface area contributed by atoms with Crippen molar-refractivity contribution in [3.05, 3.63) is 82.7 Å². The molecule has 1 aromatic heterocycles.